The molecule has 2 heterocycles. The highest BCUT2D eigenvalue weighted by atomic mass is 79.9. The first-order valence-electron chi connectivity index (χ1n) is 6.85. The molecule has 1 aliphatic heterocycles. The summed E-state index contributed by atoms with van der Waals surface area (Å²) in [5, 5.41) is 5.84. The molecule has 4 heteroatoms. The van der Waals surface area contributed by atoms with Crippen molar-refractivity contribution < 1.29 is 0 Å². The molecule has 0 saturated carbocycles. The number of fused-ring (bicyclic) bond motifs is 1. The lowest BCUT2D eigenvalue weighted by Crippen LogP contribution is -2.44. The summed E-state index contributed by atoms with van der Waals surface area (Å²) >= 11 is 3.50. The first-order valence-corrected chi connectivity index (χ1v) is 7.65. The van der Waals surface area contributed by atoms with Crippen LogP contribution in [0.3, 0.4) is 0 Å². The molecular formula is C15H20BrN3. The second-order valence-corrected chi connectivity index (χ2v) is 5.04. The lowest BCUT2D eigenvalue weighted by atomic mass is 10.1. The quantitative estimate of drug-likeness (QED) is 0.815. The van der Waals surface area contributed by atoms with Crippen LogP contribution in [-0.2, 0) is 0 Å². The Morgan fingerprint density at radius 3 is 2.58 bits per heavy atom. The van der Waals surface area contributed by atoms with E-state index in [0.29, 0.717) is 0 Å². The summed E-state index contributed by atoms with van der Waals surface area (Å²) in [7, 11) is 0. The van der Waals surface area contributed by atoms with Gasteiger partial charge in [-0.1, -0.05) is 38.1 Å². The Bertz CT molecular complexity index is 536. The predicted molar refractivity (Wildman–Crippen MR) is 85.9 cm³/mol. The molecule has 0 amide bonds. The molecule has 102 valence electrons. The maximum Gasteiger partial charge on any atom is 0.137 e. The van der Waals surface area contributed by atoms with Gasteiger partial charge in [-0.25, -0.2) is 4.98 Å². The van der Waals surface area contributed by atoms with Crippen LogP contribution in [0.1, 0.15) is 13.8 Å². The van der Waals surface area contributed by atoms with Crippen molar-refractivity contribution in [3.8, 4) is 0 Å². The van der Waals surface area contributed by atoms with E-state index in [9.17, 15) is 0 Å². The van der Waals surface area contributed by atoms with Gasteiger partial charge in [0.15, 0.2) is 0 Å². The zero-order valence-corrected chi connectivity index (χ0v) is 13.1. The fourth-order valence-corrected chi connectivity index (χ4v) is 2.68. The molecule has 0 atom stereocenters. The zero-order chi connectivity index (χ0) is 13.7. The summed E-state index contributed by atoms with van der Waals surface area (Å²) in [6.07, 6.45) is 0. The van der Waals surface area contributed by atoms with E-state index in [-0.39, 0.29) is 0 Å². The van der Waals surface area contributed by atoms with Gasteiger partial charge in [-0.2, -0.15) is 0 Å². The third-order valence-electron chi connectivity index (χ3n) is 3.11. The fourth-order valence-electron chi connectivity index (χ4n) is 2.27. The number of hydrogen-bond acceptors (Lipinski definition) is 3. The fraction of sp³-hybridized carbons (Fsp3) is 0.400. The molecule has 0 spiro atoms. The second-order valence-electron chi connectivity index (χ2n) is 4.23. The SMILES string of the molecule is Brc1cc2ccccc2c(N2CCNCC2)n1.CC. The molecule has 1 aromatic carbocycles. The van der Waals surface area contributed by atoms with E-state index in [4.69, 9.17) is 0 Å². The number of benzene rings is 1. The topological polar surface area (TPSA) is 28.2 Å². The number of rotatable bonds is 1. The minimum atomic E-state index is 0.907. The minimum absolute atomic E-state index is 0.907. The van der Waals surface area contributed by atoms with E-state index in [1.807, 2.05) is 13.8 Å². The van der Waals surface area contributed by atoms with Gasteiger partial charge in [-0.3, -0.25) is 0 Å². The molecular weight excluding hydrogens is 302 g/mol. The van der Waals surface area contributed by atoms with E-state index < -0.39 is 0 Å². The van der Waals surface area contributed by atoms with Crippen molar-refractivity contribution in [3.05, 3.63) is 34.9 Å². The summed E-state index contributed by atoms with van der Waals surface area (Å²) in [6, 6.07) is 10.5. The van der Waals surface area contributed by atoms with Crippen molar-refractivity contribution in [2.45, 2.75) is 13.8 Å². The van der Waals surface area contributed by atoms with Crippen molar-refractivity contribution in [1.82, 2.24) is 10.3 Å². The molecule has 0 unspecified atom stereocenters. The van der Waals surface area contributed by atoms with Crippen LogP contribution < -0.4 is 10.2 Å². The van der Waals surface area contributed by atoms with Crippen LogP contribution in [-0.4, -0.2) is 31.2 Å². The summed E-state index contributed by atoms with van der Waals surface area (Å²) in [5.74, 6) is 1.09. The van der Waals surface area contributed by atoms with Crippen LogP contribution >= 0.6 is 15.9 Å². The molecule has 0 bridgehead atoms. The van der Waals surface area contributed by atoms with E-state index >= 15 is 0 Å². The van der Waals surface area contributed by atoms with Crippen molar-refractivity contribution >= 4 is 32.5 Å². The Kier molecular flexibility index (Phi) is 5.16. The largest absolute Gasteiger partial charge is 0.354 e. The molecule has 1 saturated heterocycles. The summed E-state index contributed by atoms with van der Waals surface area (Å²) < 4.78 is 0.907. The number of halogens is 1. The first kappa shape index (κ1) is 14.3. The van der Waals surface area contributed by atoms with Crippen LogP contribution in [0.2, 0.25) is 0 Å². The standard InChI is InChI=1S/C13H14BrN3.C2H6/c14-12-9-10-3-1-2-4-11(10)13(16-12)17-7-5-15-6-8-17;1-2/h1-4,9,15H,5-8H2;1-2H3. The molecule has 2 aromatic rings. The highest BCUT2D eigenvalue weighted by Gasteiger charge is 2.15. The van der Waals surface area contributed by atoms with Crippen LogP contribution in [0.4, 0.5) is 5.82 Å². The third kappa shape index (κ3) is 3.25. The highest BCUT2D eigenvalue weighted by molar-refractivity contribution is 9.10. The molecule has 3 rings (SSSR count). The normalized spacial score (nSPS) is 15.0. The summed E-state index contributed by atoms with van der Waals surface area (Å²) in [4.78, 5) is 6.99. The van der Waals surface area contributed by atoms with E-state index in [1.165, 1.54) is 10.8 Å². The minimum Gasteiger partial charge on any atom is -0.354 e. The van der Waals surface area contributed by atoms with Gasteiger partial charge in [0.05, 0.1) is 0 Å². The predicted octanol–water partition coefficient (Wildman–Crippen LogP) is 3.43. The average Bonchev–Trinajstić information content (AvgIpc) is 2.49. The van der Waals surface area contributed by atoms with Crippen LogP contribution in [0.15, 0.2) is 34.9 Å². The van der Waals surface area contributed by atoms with Gasteiger partial charge < -0.3 is 10.2 Å². The maximum atomic E-state index is 4.64. The monoisotopic (exact) mass is 321 g/mol. The first-order chi connectivity index (χ1) is 9.34. The number of pyridine rings is 1. The van der Waals surface area contributed by atoms with Crippen molar-refractivity contribution in [3.63, 3.8) is 0 Å². The third-order valence-corrected chi connectivity index (χ3v) is 3.51. The van der Waals surface area contributed by atoms with Gasteiger partial charge in [-0.15, -0.1) is 0 Å². The number of hydrogen-bond donors (Lipinski definition) is 1. The summed E-state index contributed by atoms with van der Waals surface area (Å²) in [5.41, 5.74) is 0. The molecule has 0 radical (unpaired) electrons. The molecule has 3 nitrogen and oxygen atoms in total. The van der Waals surface area contributed by atoms with Crippen LogP contribution in [0.5, 0.6) is 0 Å². The molecule has 1 aromatic heterocycles. The Morgan fingerprint density at radius 1 is 1.16 bits per heavy atom. The Morgan fingerprint density at radius 2 is 1.84 bits per heavy atom. The number of nitrogens with zero attached hydrogens (tertiary/aromatic N) is 2. The number of aromatic nitrogens is 1. The Hall–Kier alpha value is -1.13. The number of anilines is 1. The molecule has 19 heavy (non-hydrogen) atoms. The van der Waals surface area contributed by atoms with Crippen LogP contribution in [0, 0.1) is 0 Å². The van der Waals surface area contributed by atoms with Crippen molar-refractivity contribution in [2.75, 3.05) is 31.1 Å². The molecule has 0 aliphatic carbocycles. The average molecular weight is 322 g/mol. The van der Waals surface area contributed by atoms with Gasteiger partial charge in [0, 0.05) is 31.6 Å². The van der Waals surface area contributed by atoms with Gasteiger partial charge in [0.25, 0.3) is 0 Å². The van der Waals surface area contributed by atoms with Gasteiger partial charge in [0.1, 0.15) is 10.4 Å². The maximum absolute atomic E-state index is 4.64. The number of nitrogens with one attached hydrogen (secondary N) is 1. The zero-order valence-electron chi connectivity index (χ0n) is 11.5. The van der Waals surface area contributed by atoms with E-state index in [1.54, 1.807) is 0 Å². The molecule has 1 aliphatic rings. The van der Waals surface area contributed by atoms with E-state index in [0.717, 1.165) is 36.6 Å². The lowest BCUT2D eigenvalue weighted by Gasteiger charge is -2.29. The second kappa shape index (κ2) is 6.87. The molecule has 1 fully saturated rings. The van der Waals surface area contributed by atoms with E-state index in [2.05, 4.69) is 61.5 Å². The smallest absolute Gasteiger partial charge is 0.137 e. The molecule has 1 N–H and O–H groups in total. The van der Waals surface area contributed by atoms with Crippen molar-refractivity contribution in [2.24, 2.45) is 0 Å². The number of piperazine rings is 1. The Balaban J connectivity index is 0.000000637. The summed E-state index contributed by atoms with van der Waals surface area (Å²) in [6.45, 7) is 8.10. The van der Waals surface area contributed by atoms with Crippen molar-refractivity contribution in [1.29, 1.82) is 0 Å². The van der Waals surface area contributed by atoms with Gasteiger partial charge in [0.2, 0.25) is 0 Å². The Labute approximate surface area is 123 Å². The van der Waals surface area contributed by atoms with Gasteiger partial charge in [-0.05, 0) is 27.4 Å². The highest BCUT2D eigenvalue weighted by Crippen LogP contribution is 2.27. The van der Waals surface area contributed by atoms with Crippen LogP contribution in [0.25, 0.3) is 10.8 Å². The lowest BCUT2D eigenvalue weighted by molar-refractivity contribution is 0.586. The van der Waals surface area contributed by atoms with Gasteiger partial charge >= 0.3 is 0 Å².